The Hall–Kier alpha value is -2.11. The lowest BCUT2D eigenvalue weighted by Crippen LogP contribution is -2.30. The lowest BCUT2D eigenvalue weighted by Gasteiger charge is -2.18. The zero-order valence-corrected chi connectivity index (χ0v) is 45.2. The van der Waals surface area contributed by atoms with Crippen LogP contribution in [0.1, 0.15) is 329 Å². The average molecular weight is 944 g/mol. The summed E-state index contributed by atoms with van der Waals surface area (Å²) in [4.78, 5) is 38.2. The normalized spacial score (nSPS) is 12.1. The van der Waals surface area contributed by atoms with Crippen molar-refractivity contribution in [2.24, 2.45) is 0 Å². The number of esters is 3. The number of unbranched alkanes of at least 4 members (excludes halogenated alkanes) is 40. The third-order valence-electron chi connectivity index (χ3n) is 13.5. The highest BCUT2D eigenvalue weighted by Crippen LogP contribution is 2.17. The fourth-order valence-electron chi connectivity index (χ4n) is 8.95. The predicted molar refractivity (Wildman–Crippen MR) is 289 cm³/mol. The minimum absolute atomic E-state index is 0.0678. The van der Waals surface area contributed by atoms with Gasteiger partial charge in [0.1, 0.15) is 13.2 Å². The fourth-order valence-corrected chi connectivity index (χ4v) is 8.95. The van der Waals surface area contributed by atoms with Gasteiger partial charge >= 0.3 is 17.9 Å². The molecule has 394 valence electrons. The Morgan fingerprint density at radius 1 is 0.299 bits per heavy atom. The molecule has 0 saturated heterocycles. The largest absolute Gasteiger partial charge is 0.462 e. The van der Waals surface area contributed by atoms with Crippen molar-refractivity contribution in [3.63, 3.8) is 0 Å². The van der Waals surface area contributed by atoms with Gasteiger partial charge in [-0.15, -0.1) is 0 Å². The van der Waals surface area contributed by atoms with E-state index in [1.165, 1.54) is 218 Å². The summed E-state index contributed by atoms with van der Waals surface area (Å²) in [5.41, 5.74) is 0. The summed E-state index contributed by atoms with van der Waals surface area (Å²) in [6.07, 6.45) is 65.9. The quantitative estimate of drug-likeness (QED) is 0.0262. The highest BCUT2D eigenvalue weighted by Gasteiger charge is 2.19. The molecule has 0 amide bonds. The lowest BCUT2D eigenvalue weighted by atomic mass is 10.0. The summed E-state index contributed by atoms with van der Waals surface area (Å²) >= 11 is 0. The van der Waals surface area contributed by atoms with Crippen molar-refractivity contribution in [3.05, 3.63) is 24.3 Å². The van der Waals surface area contributed by atoms with E-state index in [-0.39, 0.29) is 31.1 Å². The number of carbonyl (C=O) groups is 3. The van der Waals surface area contributed by atoms with Crippen molar-refractivity contribution in [1.82, 2.24) is 0 Å². The first-order valence-corrected chi connectivity index (χ1v) is 29.8. The van der Waals surface area contributed by atoms with Crippen LogP contribution in [0.15, 0.2) is 24.3 Å². The predicted octanol–water partition coefficient (Wildman–Crippen LogP) is 19.9. The fraction of sp³-hybridized carbons (Fsp3) is 0.885. The molecule has 0 N–H and O–H groups in total. The maximum atomic E-state index is 12.9. The Morgan fingerprint density at radius 3 is 0.851 bits per heavy atom. The molecule has 6 nitrogen and oxygen atoms in total. The molecule has 0 rings (SSSR count). The van der Waals surface area contributed by atoms with Crippen LogP contribution < -0.4 is 0 Å². The van der Waals surface area contributed by atoms with Gasteiger partial charge in [0.2, 0.25) is 0 Å². The second-order valence-corrected chi connectivity index (χ2v) is 20.3. The minimum Gasteiger partial charge on any atom is -0.462 e. The molecule has 0 bridgehead atoms. The maximum absolute atomic E-state index is 12.9. The zero-order valence-electron chi connectivity index (χ0n) is 45.2. The third kappa shape index (κ3) is 54.7. The van der Waals surface area contributed by atoms with Crippen LogP contribution in [0.25, 0.3) is 0 Å². The van der Waals surface area contributed by atoms with Crippen molar-refractivity contribution in [1.29, 1.82) is 0 Å². The molecular formula is C61H114O6. The Bertz CT molecular complexity index is 1080. The number of hydrogen-bond donors (Lipinski definition) is 0. The summed E-state index contributed by atoms with van der Waals surface area (Å²) in [6, 6.07) is 0. The van der Waals surface area contributed by atoms with Crippen molar-refractivity contribution in [2.75, 3.05) is 13.2 Å². The van der Waals surface area contributed by atoms with Crippen LogP contribution in [-0.4, -0.2) is 37.2 Å². The number of carbonyl (C=O) groups excluding carboxylic acids is 3. The van der Waals surface area contributed by atoms with Crippen LogP contribution in [0.2, 0.25) is 0 Å². The monoisotopic (exact) mass is 943 g/mol. The first-order chi connectivity index (χ1) is 33.0. The van der Waals surface area contributed by atoms with Crippen molar-refractivity contribution < 1.29 is 28.6 Å². The van der Waals surface area contributed by atoms with E-state index in [0.29, 0.717) is 19.3 Å². The van der Waals surface area contributed by atoms with Crippen molar-refractivity contribution in [3.8, 4) is 0 Å². The van der Waals surface area contributed by atoms with Gasteiger partial charge in [0, 0.05) is 19.3 Å². The van der Waals surface area contributed by atoms with Gasteiger partial charge in [-0.3, -0.25) is 14.4 Å². The molecule has 1 atom stereocenters. The molecule has 0 spiro atoms. The van der Waals surface area contributed by atoms with E-state index in [1.807, 2.05) is 0 Å². The van der Waals surface area contributed by atoms with E-state index < -0.39 is 6.10 Å². The molecule has 0 heterocycles. The number of hydrogen-bond acceptors (Lipinski definition) is 6. The molecule has 0 unspecified atom stereocenters. The van der Waals surface area contributed by atoms with Gasteiger partial charge in [-0.05, 0) is 51.4 Å². The van der Waals surface area contributed by atoms with Crippen LogP contribution in [-0.2, 0) is 28.6 Å². The Labute approximate surface area is 417 Å². The van der Waals surface area contributed by atoms with Gasteiger partial charge in [-0.1, -0.05) is 283 Å². The summed E-state index contributed by atoms with van der Waals surface area (Å²) < 4.78 is 16.9. The van der Waals surface area contributed by atoms with Crippen LogP contribution >= 0.6 is 0 Å². The molecule has 0 radical (unpaired) electrons. The standard InChI is InChI=1S/C61H114O6/c1-4-7-10-13-16-19-22-25-28-31-34-36-39-42-45-48-51-54-60(63)66-57-58(67-61(64)55-52-49-46-43-40-37-33-30-27-24-21-18-15-12-9-6-3)56-65-59(62)53-50-47-44-41-38-35-32-29-26-23-20-17-14-11-8-5-2/h16,19,25,28,58H,4-15,17-18,20-24,26-27,29-57H2,1-3H3/b19-16-,28-25-/t58-/m1/s1. The molecule has 0 aliphatic rings. The number of allylic oxidation sites excluding steroid dienone is 4. The molecule has 6 heteroatoms. The van der Waals surface area contributed by atoms with Crippen LogP contribution in [0.4, 0.5) is 0 Å². The maximum Gasteiger partial charge on any atom is 0.306 e. The van der Waals surface area contributed by atoms with Gasteiger partial charge in [0.15, 0.2) is 6.10 Å². The van der Waals surface area contributed by atoms with Gasteiger partial charge in [-0.25, -0.2) is 0 Å². The number of rotatable bonds is 55. The van der Waals surface area contributed by atoms with E-state index in [4.69, 9.17) is 14.2 Å². The lowest BCUT2D eigenvalue weighted by molar-refractivity contribution is -0.167. The molecule has 0 fully saturated rings. The molecule has 0 saturated carbocycles. The Morgan fingerprint density at radius 2 is 0.537 bits per heavy atom. The molecule has 0 aliphatic heterocycles. The second-order valence-electron chi connectivity index (χ2n) is 20.3. The summed E-state index contributed by atoms with van der Waals surface area (Å²) in [5.74, 6) is -0.851. The minimum atomic E-state index is -0.769. The molecule has 67 heavy (non-hydrogen) atoms. The van der Waals surface area contributed by atoms with Gasteiger partial charge in [0.25, 0.3) is 0 Å². The van der Waals surface area contributed by atoms with E-state index >= 15 is 0 Å². The first-order valence-electron chi connectivity index (χ1n) is 29.8. The molecular weight excluding hydrogens is 829 g/mol. The van der Waals surface area contributed by atoms with Crippen LogP contribution in [0.3, 0.4) is 0 Å². The van der Waals surface area contributed by atoms with Gasteiger partial charge in [0.05, 0.1) is 0 Å². The van der Waals surface area contributed by atoms with Crippen molar-refractivity contribution >= 4 is 17.9 Å². The Balaban J connectivity index is 4.33. The molecule has 0 aromatic heterocycles. The summed E-state index contributed by atoms with van der Waals surface area (Å²) in [7, 11) is 0. The van der Waals surface area contributed by atoms with E-state index in [9.17, 15) is 14.4 Å². The highest BCUT2D eigenvalue weighted by molar-refractivity contribution is 5.71. The second kappa shape index (κ2) is 56.5. The molecule has 0 aromatic rings. The van der Waals surface area contributed by atoms with Crippen molar-refractivity contribution in [2.45, 2.75) is 335 Å². The molecule has 0 aromatic carbocycles. The van der Waals surface area contributed by atoms with Crippen LogP contribution in [0.5, 0.6) is 0 Å². The molecule has 0 aliphatic carbocycles. The first kappa shape index (κ1) is 64.9. The Kier molecular flexibility index (Phi) is 54.7. The van der Waals surface area contributed by atoms with E-state index in [0.717, 1.165) is 70.6 Å². The van der Waals surface area contributed by atoms with Gasteiger partial charge < -0.3 is 14.2 Å². The van der Waals surface area contributed by atoms with Gasteiger partial charge in [-0.2, -0.15) is 0 Å². The van der Waals surface area contributed by atoms with E-state index in [2.05, 4.69) is 45.1 Å². The number of ether oxygens (including phenoxy) is 3. The van der Waals surface area contributed by atoms with Crippen LogP contribution in [0, 0.1) is 0 Å². The topological polar surface area (TPSA) is 78.9 Å². The zero-order chi connectivity index (χ0) is 48.6. The average Bonchev–Trinajstić information content (AvgIpc) is 3.33. The smallest absolute Gasteiger partial charge is 0.306 e. The summed E-state index contributed by atoms with van der Waals surface area (Å²) in [5, 5.41) is 0. The third-order valence-corrected chi connectivity index (χ3v) is 13.5. The van der Waals surface area contributed by atoms with E-state index in [1.54, 1.807) is 0 Å². The SMILES string of the molecule is CCCCC/C=C\C/C=C\CCCCCCCCCC(=O)OC[C@@H](COC(=O)CCCCCCCCCCCCCCCCCC)OC(=O)CCCCCCCCCCCCCCCCCC. The highest BCUT2D eigenvalue weighted by atomic mass is 16.6. The summed E-state index contributed by atoms with van der Waals surface area (Å²) in [6.45, 7) is 6.67.